The van der Waals surface area contributed by atoms with Gasteiger partial charge >= 0.3 is 12.1 Å². The zero-order valence-corrected chi connectivity index (χ0v) is 20.3. The summed E-state index contributed by atoms with van der Waals surface area (Å²) in [6.45, 7) is 3.20. The number of anilines is 1. The third-order valence-electron chi connectivity index (χ3n) is 5.27. The third kappa shape index (κ3) is 6.66. The van der Waals surface area contributed by atoms with Crippen LogP contribution >= 0.6 is 0 Å². The van der Waals surface area contributed by atoms with E-state index in [-0.39, 0.29) is 30.9 Å². The van der Waals surface area contributed by atoms with Gasteiger partial charge in [0.25, 0.3) is 0 Å². The average Bonchev–Trinajstić information content (AvgIpc) is 3.21. The number of rotatable bonds is 10. The normalized spacial score (nSPS) is 11.7. The molecule has 1 heterocycles. The van der Waals surface area contributed by atoms with Crippen LogP contribution in [0, 0.1) is 5.92 Å². The summed E-state index contributed by atoms with van der Waals surface area (Å²) in [5.41, 5.74) is 7.64. The fourth-order valence-corrected chi connectivity index (χ4v) is 3.49. The minimum atomic E-state index is -0.773. The van der Waals surface area contributed by atoms with Gasteiger partial charge in [-0.05, 0) is 30.5 Å². The Morgan fingerprint density at radius 1 is 1.06 bits per heavy atom. The van der Waals surface area contributed by atoms with E-state index >= 15 is 0 Å². The van der Waals surface area contributed by atoms with Crippen LogP contribution in [0.5, 0.6) is 0 Å². The van der Waals surface area contributed by atoms with Crippen LogP contribution in [-0.2, 0) is 25.8 Å². The van der Waals surface area contributed by atoms with Crippen LogP contribution in [0.4, 0.5) is 10.7 Å². The first kappa shape index (κ1) is 26.4. The topological polar surface area (TPSA) is 155 Å². The number of methoxy groups -OCH3 is 1. The number of esters is 1. The lowest BCUT2D eigenvalue weighted by Gasteiger charge is -2.14. The fourth-order valence-electron chi connectivity index (χ4n) is 3.49. The van der Waals surface area contributed by atoms with Crippen molar-refractivity contribution in [3.05, 3.63) is 59.7 Å². The van der Waals surface area contributed by atoms with Gasteiger partial charge in [0.05, 0.1) is 24.2 Å². The van der Waals surface area contributed by atoms with Gasteiger partial charge in [0.15, 0.2) is 12.5 Å². The largest absolute Gasteiger partial charge is 0.453 e. The zero-order valence-electron chi connectivity index (χ0n) is 20.3. The smallest absolute Gasteiger partial charge is 0.413 e. The highest BCUT2D eigenvalue weighted by molar-refractivity contribution is 6.10. The molecule has 1 atom stereocenters. The van der Waals surface area contributed by atoms with E-state index in [4.69, 9.17) is 10.5 Å². The molecule has 0 saturated heterocycles. The molecule has 0 bridgehead atoms. The van der Waals surface area contributed by atoms with E-state index in [1.54, 1.807) is 42.5 Å². The lowest BCUT2D eigenvalue weighted by Crippen LogP contribution is -2.43. The molecule has 3 aromatic rings. The first-order valence-corrected chi connectivity index (χ1v) is 11.3. The van der Waals surface area contributed by atoms with Crippen molar-refractivity contribution in [2.75, 3.05) is 19.0 Å². The first-order chi connectivity index (χ1) is 17.2. The summed E-state index contributed by atoms with van der Waals surface area (Å²) >= 11 is 0. The molecule has 1 unspecified atom stereocenters. The molecular formula is C25H29N5O6. The van der Waals surface area contributed by atoms with E-state index in [0.717, 1.165) is 0 Å². The average molecular weight is 496 g/mol. The monoisotopic (exact) mass is 495 g/mol. The SMILES string of the molecule is COC(=O)Nc1nc2cc(C(=O)c3ccccc3)ccc2n1COC(=O)CNC(=O)C(N)CC(C)C. The predicted octanol–water partition coefficient (Wildman–Crippen LogP) is 2.44. The van der Waals surface area contributed by atoms with E-state index < -0.39 is 24.0 Å². The fraction of sp³-hybridized carbons (Fsp3) is 0.320. The van der Waals surface area contributed by atoms with Gasteiger partial charge in [-0.3, -0.25) is 24.3 Å². The molecule has 2 amide bonds. The van der Waals surface area contributed by atoms with Gasteiger partial charge in [-0.1, -0.05) is 44.2 Å². The molecule has 11 nitrogen and oxygen atoms in total. The number of carbonyl (C=O) groups is 4. The molecule has 4 N–H and O–H groups in total. The summed E-state index contributed by atoms with van der Waals surface area (Å²) in [7, 11) is 1.20. The Morgan fingerprint density at radius 3 is 2.44 bits per heavy atom. The molecule has 2 aromatic carbocycles. The van der Waals surface area contributed by atoms with Crippen LogP contribution in [0.15, 0.2) is 48.5 Å². The van der Waals surface area contributed by atoms with E-state index in [2.05, 4.69) is 20.4 Å². The second-order valence-electron chi connectivity index (χ2n) is 8.48. The highest BCUT2D eigenvalue weighted by Crippen LogP contribution is 2.23. The highest BCUT2D eigenvalue weighted by atomic mass is 16.5. The van der Waals surface area contributed by atoms with Gasteiger partial charge in [0, 0.05) is 11.1 Å². The van der Waals surface area contributed by atoms with Crippen LogP contribution < -0.4 is 16.4 Å². The molecule has 0 aliphatic heterocycles. The second-order valence-corrected chi connectivity index (χ2v) is 8.48. The van der Waals surface area contributed by atoms with Crippen LogP contribution in [0.1, 0.15) is 36.2 Å². The number of ketones is 1. The third-order valence-corrected chi connectivity index (χ3v) is 5.27. The quantitative estimate of drug-likeness (QED) is 0.286. The number of hydrogen-bond acceptors (Lipinski definition) is 8. The Hall–Kier alpha value is -4.25. The number of carbonyl (C=O) groups excluding carboxylic acids is 4. The maximum atomic E-state index is 12.8. The van der Waals surface area contributed by atoms with Crippen LogP contribution in [-0.4, -0.2) is 53.0 Å². The standard InChI is InChI=1S/C25H29N5O6/c1-15(2)11-18(26)23(33)27-13-21(31)36-14-30-20-10-9-17(22(32)16-7-5-4-6-8-16)12-19(20)28-24(30)29-25(34)35-3/h4-10,12,15,18H,11,13-14,26H2,1-3H3,(H,27,33)(H,28,29,34). The van der Waals surface area contributed by atoms with Gasteiger partial charge in [0.1, 0.15) is 6.54 Å². The molecular weight excluding hydrogens is 466 g/mol. The maximum absolute atomic E-state index is 12.8. The van der Waals surface area contributed by atoms with Crippen LogP contribution in [0.25, 0.3) is 11.0 Å². The van der Waals surface area contributed by atoms with Crippen molar-refractivity contribution in [3.63, 3.8) is 0 Å². The first-order valence-electron chi connectivity index (χ1n) is 11.3. The van der Waals surface area contributed by atoms with E-state index in [9.17, 15) is 19.2 Å². The van der Waals surface area contributed by atoms with Crippen molar-refractivity contribution < 1.29 is 28.7 Å². The number of amides is 2. The van der Waals surface area contributed by atoms with Crippen molar-refractivity contribution in [3.8, 4) is 0 Å². The molecule has 36 heavy (non-hydrogen) atoms. The van der Waals surface area contributed by atoms with E-state index in [1.807, 2.05) is 19.9 Å². The van der Waals surface area contributed by atoms with Gasteiger partial charge in [-0.15, -0.1) is 0 Å². The molecule has 0 radical (unpaired) electrons. The van der Waals surface area contributed by atoms with Gasteiger partial charge in [-0.2, -0.15) is 0 Å². The van der Waals surface area contributed by atoms with Crippen molar-refractivity contribution in [2.24, 2.45) is 11.7 Å². The summed E-state index contributed by atoms with van der Waals surface area (Å²) in [4.78, 5) is 53.3. The highest BCUT2D eigenvalue weighted by Gasteiger charge is 2.19. The Bertz CT molecular complexity index is 1250. The number of benzene rings is 2. The Balaban J connectivity index is 1.76. The summed E-state index contributed by atoms with van der Waals surface area (Å²) in [5, 5.41) is 4.92. The van der Waals surface area contributed by atoms with Crippen molar-refractivity contribution >= 4 is 40.7 Å². The van der Waals surface area contributed by atoms with Crippen molar-refractivity contribution in [1.82, 2.24) is 14.9 Å². The number of nitrogens with zero attached hydrogens (tertiary/aromatic N) is 2. The molecule has 0 spiro atoms. The summed E-state index contributed by atoms with van der Waals surface area (Å²) in [5.74, 6) is -1.06. The van der Waals surface area contributed by atoms with Crippen LogP contribution in [0.2, 0.25) is 0 Å². The molecule has 3 rings (SSSR count). The van der Waals surface area contributed by atoms with Crippen LogP contribution in [0.3, 0.4) is 0 Å². The Labute approximate surface area is 208 Å². The molecule has 0 aliphatic carbocycles. The molecule has 0 fully saturated rings. The number of aromatic nitrogens is 2. The van der Waals surface area contributed by atoms with Gasteiger partial charge in [0.2, 0.25) is 11.9 Å². The number of nitrogens with one attached hydrogen (secondary N) is 2. The van der Waals surface area contributed by atoms with E-state index in [1.165, 1.54) is 11.7 Å². The molecule has 190 valence electrons. The van der Waals surface area contributed by atoms with Gasteiger partial charge < -0.3 is 20.5 Å². The summed E-state index contributed by atoms with van der Waals surface area (Å²) in [6.07, 6.45) is -0.288. The van der Waals surface area contributed by atoms with E-state index in [0.29, 0.717) is 28.6 Å². The minimum absolute atomic E-state index is 0.0527. The number of imidazole rings is 1. The number of nitrogens with two attached hydrogens (primary N) is 1. The Morgan fingerprint density at radius 2 is 1.78 bits per heavy atom. The van der Waals surface area contributed by atoms with Crippen molar-refractivity contribution in [2.45, 2.75) is 33.0 Å². The van der Waals surface area contributed by atoms with Crippen molar-refractivity contribution in [1.29, 1.82) is 0 Å². The summed E-state index contributed by atoms with van der Waals surface area (Å²) < 4.78 is 11.4. The molecule has 0 aliphatic rings. The molecule has 11 heteroatoms. The number of fused-ring (bicyclic) bond motifs is 1. The Kier molecular flexibility index (Phi) is 8.74. The minimum Gasteiger partial charge on any atom is -0.453 e. The summed E-state index contributed by atoms with van der Waals surface area (Å²) in [6, 6.07) is 12.9. The maximum Gasteiger partial charge on any atom is 0.413 e. The number of hydrogen-bond donors (Lipinski definition) is 3. The molecule has 1 aromatic heterocycles. The number of ether oxygens (including phenoxy) is 2. The molecule has 0 saturated carbocycles. The zero-order chi connectivity index (χ0) is 26.2. The lowest BCUT2D eigenvalue weighted by atomic mass is 10.0. The van der Waals surface area contributed by atoms with Gasteiger partial charge in [-0.25, -0.2) is 9.78 Å². The predicted molar refractivity (Wildman–Crippen MR) is 132 cm³/mol. The lowest BCUT2D eigenvalue weighted by molar-refractivity contribution is -0.147. The second kappa shape index (κ2) is 11.9.